The molecule has 0 unspecified atom stereocenters. The first-order chi connectivity index (χ1) is 4.93. The van der Waals surface area contributed by atoms with Crippen LogP contribution < -0.4 is 5.32 Å². The Balaban J connectivity index is 2.50. The van der Waals surface area contributed by atoms with Crippen molar-refractivity contribution in [2.45, 2.75) is 6.54 Å². The second kappa shape index (κ2) is 3.67. The van der Waals surface area contributed by atoms with Crippen LogP contribution in [0.15, 0.2) is 30.3 Å². The molecule has 1 amide bonds. The van der Waals surface area contributed by atoms with E-state index in [-0.39, 0.29) is 0 Å². The monoisotopic (exact) mass is 134 g/mol. The molecule has 1 aromatic carbocycles. The average molecular weight is 134 g/mol. The van der Waals surface area contributed by atoms with Gasteiger partial charge >= 0.3 is 0 Å². The molecule has 0 atom stereocenters. The second-order valence-corrected chi connectivity index (χ2v) is 1.93. The van der Waals surface area contributed by atoms with Gasteiger partial charge in [-0.05, 0) is 5.56 Å². The number of hydrogen-bond donors (Lipinski definition) is 0. The molecule has 0 bridgehead atoms. The van der Waals surface area contributed by atoms with Crippen molar-refractivity contribution in [2.24, 2.45) is 0 Å². The molecule has 0 aromatic heterocycles. The predicted molar refractivity (Wildman–Crippen MR) is 38.3 cm³/mol. The van der Waals surface area contributed by atoms with Gasteiger partial charge in [0.15, 0.2) is 0 Å². The molecule has 0 saturated carbocycles. The third-order valence-corrected chi connectivity index (χ3v) is 1.19. The van der Waals surface area contributed by atoms with Crippen molar-refractivity contribution in [1.29, 1.82) is 0 Å². The number of carbonyl (C=O) groups is 1. The van der Waals surface area contributed by atoms with E-state index >= 15 is 0 Å². The summed E-state index contributed by atoms with van der Waals surface area (Å²) in [5.41, 5.74) is 1.06. The molecule has 0 N–H and O–H groups in total. The van der Waals surface area contributed by atoms with Gasteiger partial charge in [0, 0.05) is 0 Å². The first kappa shape index (κ1) is 6.81. The summed E-state index contributed by atoms with van der Waals surface area (Å²) in [6.07, 6.45) is 0.576. The second-order valence-electron chi connectivity index (χ2n) is 1.93. The zero-order chi connectivity index (χ0) is 7.23. The lowest BCUT2D eigenvalue weighted by atomic mass is 10.2. The van der Waals surface area contributed by atoms with Crippen LogP contribution in [0.4, 0.5) is 0 Å². The Bertz CT molecular complexity index is 196. The Labute approximate surface area is 59.9 Å². The topological polar surface area (TPSA) is 31.2 Å². The summed E-state index contributed by atoms with van der Waals surface area (Å²) >= 11 is 0. The van der Waals surface area contributed by atoms with Gasteiger partial charge in [-0.3, -0.25) is 4.79 Å². The van der Waals surface area contributed by atoms with E-state index in [0.717, 1.165) is 5.56 Å². The molecule has 1 rings (SSSR count). The Hall–Kier alpha value is -1.31. The standard InChI is InChI=1S/C8H8NO/c10-7-9-6-8-4-2-1-3-5-8/h1-5,7H,6H2. The summed E-state index contributed by atoms with van der Waals surface area (Å²) in [5, 5.41) is 3.56. The van der Waals surface area contributed by atoms with Crippen LogP contribution in [0, 0.1) is 0 Å². The van der Waals surface area contributed by atoms with E-state index in [1.807, 2.05) is 30.3 Å². The van der Waals surface area contributed by atoms with Crippen molar-refractivity contribution in [1.82, 2.24) is 5.32 Å². The van der Waals surface area contributed by atoms with Crippen molar-refractivity contribution in [2.75, 3.05) is 0 Å². The molecule has 0 aliphatic carbocycles. The van der Waals surface area contributed by atoms with Gasteiger partial charge < -0.3 is 0 Å². The van der Waals surface area contributed by atoms with Crippen LogP contribution in [0.1, 0.15) is 5.56 Å². The maximum atomic E-state index is 9.81. The number of benzene rings is 1. The Morgan fingerprint density at radius 1 is 1.30 bits per heavy atom. The number of amides is 1. The molecule has 2 heteroatoms. The molecule has 10 heavy (non-hydrogen) atoms. The quantitative estimate of drug-likeness (QED) is 0.566. The highest BCUT2D eigenvalue weighted by Crippen LogP contribution is 1.96. The number of rotatable bonds is 3. The number of carbonyl (C=O) groups excluding carboxylic acids is 1. The minimum Gasteiger partial charge on any atom is -0.277 e. The van der Waals surface area contributed by atoms with E-state index in [1.54, 1.807) is 0 Å². The van der Waals surface area contributed by atoms with Gasteiger partial charge in [-0.15, -0.1) is 0 Å². The summed E-state index contributed by atoms with van der Waals surface area (Å²) in [7, 11) is 0. The molecule has 51 valence electrons. The zero-order valence-electron chi connectivity index (χ0n) is 5.53. The molecule has 0 spiro atoms. The van der Waals surface area contributed by atoms with Gasteiger partial charge in [-0.1, -0.05) is 30.3 Å². The van der Waals surface area contributed by atoms with Crippen LogP contribution in [-0.4, -0.2) is 6.41 Å². The molecule has 1 radical (unpaired) electrons. The molecule has 0 heterocycles. The molecular formula is C8H8NO. The highest BCUT2D eigenvalue weighted by molar-refractivity contribution is 5.45. The van der Waals surface area contributed by atoms with Gasteiger partial charge in [0.1, 0.15) is 0 Å². The third-order valence-electron chi connectivity index (χ3n) is 1.19. The lowest BCUT2D eigenvalue weighted by Crippen LogP contribution is -2.00. The fourth-order valence-electron chi connectivity index (χ4n) is 0.726. The highest BCUT2D eigenvalue weighted by atomic mass is 16.1. The number of nitrogens with zero attached hydrogens (tertiary/aromatic N) is 1. The first-order valence-electron chi connectivity index (χ1n) is 3.07. The van der Waals surface area contributed by atoms with E-state index in [2.05, 4.69) is 5.32 Å². The van der Waals surface area contributed by atoms with Crippen molar-refractivity contribution in [3.63, 3.8) is 0 Å². The van der Waals surface area contributed by atoms with Gasteiger partial charge in [0.2, 0.25) is 6.41 Å². The minimum absolute atomic E-state index is 0.490. The van der Waals surface area contributed by atoms with Crippen molar-refractivity contribution < 1.29 is 4.79 Å². The fourth-order valence-corrected chi connectivity index (χ4v) is 0.726. The SMILES string of the molecule is O=C[N]Cc1ccccc1. The molecule has 1 aromatic rings. The van der Waals surface area contributed by atoms with Crippen molar-refractivity contribution >= 4 is 6.41 Å². The van der Waals surface area contributed by atoms with Gasteiger partial charge in [0.05, 0.1) is 6.54 Å². The fraction of sp³-hybridized carbons (Fsp3) is 0.125. The van der Waals surface area contributed by atoms with E-state index < -0.39 is 0 Å². The summed E-state index contributed by atoms with van der Waals surface area (Å²) in [5.74, 6) is 0. The Kier molecular flexibility index (Phi) is 2.49. The molecule has 0 saturated heterocycles. The van der Waals surface area contributed by atoms with Crippen LogP contribution in [0.25, 0.3) is 0 Å². The van der Waals surface area contributed by atoms with Gasteiger partial charge in [-0.25, -0.2) is 5.32 Å². The van der Waals surface area contributed by atoms with Crippen LogP contribution >= 0.6 is 0 Å². The third kappa shape index (κ3) is 1.90. The molecule has 2 nitrogen and oxygen atoms in total. The minimum atomic E-state index is 0.490. The smallest absolute Gasteiger partial charge is 0.228 e. The van der Waals surface area contributed by atoms with E-state index in [4.69, 9.17) is 0 Å². The number of hydrogen-bond acceptors (Lipinski definition) is 1. The van der Waals surface area contributed by atoms with Crippen LogP contribution in [0.5, 0.6) is 0 Å². The normalized spacial score (nSPS) is 8.80. The summed E-state index contributed by atoms with van der Waals surface area (Å²) < 4.78 is 0. The Morgan fingerprint density at radius 2 is 2.00 bits per heavy atom. The van der Waals surface area contributed by atoms with E-state index in [9.17, 15) is 4.79 Å². The molecule has 0 fully saturated rings. The van der Waals surface area contributed by atoms with Crippen LogP contribution in [-0.2, 0) is 11.3 Å². The maximum absolute atomic E-state index is 9.81. The molecule has 0 aliphatic heterocycles. The van der Waals surface area contributed by atoms with E-state index in [1.165, 1.54) is 0 Å². The molecular weight excluding hydrogens is 126 g/mol. The van der Waals surface area contributed by atoms with Gasteiger partial charge in [-0.2, -0.15) is 0 Å². The van der Waals surface area contributed by atoms with E-state index in [0.29, 0.717) is 13.0 Å². The lowest BCUT2D eigenvalue weighted by Gasteiger charge is -1.93. The summed E-state index contributed by atoms with van der Waals surface area (Å²) in [4.78, 5) is 9.81. The largest absolute Gasteiger partial charge is 0.277 e. The van der Waals surface area contributed by atoms with Crippen molar-refractivity contribution in [3.8, 4) is 0 Å². The highest BCUT2D eigenvalue weighted by Gasteiger charge is 1.87. The summed E-state index contributed by atoms with van der Waals surface area (Å²) in [6.45, 7) is 0.490. The van der Waals surface area contributed by atoms with Crippen LogP contribution in [0.2, 0.25) is 0 Å². The average Bonchev–Trinajstić information content (AvgIpc) is 2.03. The maximum Gasteiger partial charge on any atom is 0.228 e. The lowest BCUT2D eigenvalue weighted by molar-refractivity contribution is -0.109. The van der Waals surface area contributed by atoms with Crippen molar-refractivity contribution in [3.05, 3.63) is 35.9 Å². The van der Waals surface area contributed by atoms with Gasteiger partial charge in [0.25, 0.3) is 0 Å². The summed E-state index contributed by atoms with van der Waals surface area (Å²) in [6, 6.07) is 9.66. The van der Waals surface area contributed by atoms with Crippen LogP contribution in [0.3, 0.4) is 0 Å². The zero-order valence-corrected chi connectivity index (χ0v) is 5.53. The first-order valence-corrected chi connectivity index (χ1v) is 3.07. The molecule has 0 aliphatic rings. The predicted octanol–water partition coefficient (Wildman–Crippen LogP) is 0.947. The Morgan fingerprint density at radius 3 is 2.60 bits per heavy atom.